The van der Waals surface area contributed by atoms with Gasteiger partial charge in [0.15, 0.2) is 11.2 Å². The van der Waals surface area contributed by atoms with Crippen molar-refractivity contribution in [3.05, 3.63) is 62.6 Å². The third-order valence-electron chi connectivity index (χ3n) is 6.11. The number of rotatable bonds is 10. The molecule has 0 amide bonds. The number of aryl methyl sites for hydroxylation is 1. The maximum absolute atomic E-state index is 12.9. The molecule has 1 aliphatic rings. The van der Waals surface area contributed by atoms with Gasteiger partial charge in [-0.2, -0.15) is 0 Å². The number of thioether (sulfide) groups is 1. The quantitative estimate of drug-likeness (QED) is 0.331. The Balaban J connectivity index is 1.48. The van der Waals surface area contributed by atoms with Gasteiger partial charge in [0.2, 0.25) is 5.16 Å². The monoisotopic (exact) mass is 496 g/mol. The summed E-state index contributed by atoms with van der Waals surface area (Å²) in [6, 6.07) is 9.66. The molecule has 0 bridgehead atoms. The first kappa shape index (κ1) is 23.5. The van der Waals surface area contributed by atoms with Crippen LogP contribution in [-0.2, 0) is 30.1 Å². The van der Waals surface area contributed by atoms with E-state index in [1.54, 1.807) is 4.68 Å². The number of imidazole rings is 1. The first-order chi connectivity index (χ1) is 17.1. The van der Waals surface area contributed by atoms with E-state index < -0.39 is 11.2 Å². The van der Waals surface area contributed by atoms with Crippen LogP contribution in [0, 0.1) is 0 Å². The molecule has 1 saturated heterocycles. The molecule has 184 valence electrons. The Morgan fingerprint density at radius 2 is 2.06 bits per heavy atom. The second kappa shape index (κ2) is 10.6. The molecule has 5 rings (SSSR count). The molecule has 1 atom stereocenters. The number of tetrazole rings is 1. The SMILES string of the molecule is CCCCn1c(CSc2nnnn2CC2CCCO2)nc2c1c(=O)[nH]c(=O)n2Cc1ccccc1. The largest absolute Gasteiger partial charge is 0.376 e. The second-order valence-corrected chi connectivity index (χ2v) is 9.55. The average Bonchev–Trinajstić information content (AvgIpc) is 3.61. The van der Waals surface area contributed by atoms with Gasteiger partial charge >= 0.3 is 5.69 Å². The van der Waals surface area contributed by atoms with E-state index in [1.165, 1.54) is 16.3 Å². The molecule has 12 heteroatoms. The molecule has 1 aromatic carbocycles. The van der Waals surface area contributed by atoms with E-state index in [4.69, 9.17) is 9.72 Å². The Hall–Kier alpha value is -3.25. The van der Waals surface area contributed by atoms with Gasteiger partial charge in [0.1, 0.15) is 5.82 Å². The number of unbranched alkanes of at least 4 members (excludes halogenated alkanes) is 1. The van der Waals surface area contributed by atoms with Crippen LogP contribution in [0.3, 0.4) is 0 Å². The van der Waals surface area contributed by atoms with Crippen LogP contribution in [0.5, 0.6) is 0 Å². The van der Waals surface area contributed by atoms with Gasteiger partial charge in [-0.3, -0.25) is 14.3 Å². The maximum Gasteiger partial charge on any atom is 0.330 e. The summed E-state index contributed by atoms with van der Waals surface area (Å²) in [5.74, 6) is 1.17. The molecule has 0 saturated carbocycles. The van der Waals surface area contributed by atoms with Crippen molar-refractivity contribution in [3.8, 4) is 0 Å². The number of H-pyrrole nitrogens is 1. The first-order valence-corrected chi connectivity index (χ1v) is 12.9. The van der Waals surface area contributed by atoms with Crippen LogP contribution in [0.15, 0.2) is 45.1 Å². The molecule has 1 aliphatic heterocycles. The van der Waals surface area contributed by atoms with Crippen molar-refractivity contribution in [3.63, 3.8) is 0 Å². The van der Waals surface area contributed by atoms with Gasteiger partial charge in [-0.25, -0.2) is 14.5 Å². The van der Waals surface area contributed by atoms with E-state index in [-0.39, 0.29) is 6.10 Å². The van der Waals surface area contributed by atoms with E-state index >= 15 is 0 Å². The molecular weight excluding hydrogens is 468 g/mol. The lowest BCUT2D eigenvalue weighted by Gasteiger charge is -2.10. The van der Waals surface area contributed by atoms with Crippen molar-refractivity contribution < 1.29 is 4.74 Å². The van der Waals surface area contributed by atoms with E-state index in [0.29, 0.717) is 47.5 Å². The molecule has 11 nitrogen and oxygen atoms in total. The fourth-order valence-electron chi connectivity index (χ4n) is 4.32. The van der Waals surface area contributed by atoms with Crippen LogP contribution < -0.4 is 11.2 Å². The highest BCUT2D eigenvalue weighted by Crippen LogP contribution is 2.24. The Bertz CT molecular complexity index is 1400. The minimum atomic E-state index is -0.466. The zero-order valence-corrected chi connectivity index (χ0v) is 20.4. The molecule has 0 aliphatic carbocycles. The van der Waals surface area contributed by atoms with Crippen LogP contribution in [-0.4, -0.2) is 52.0 Å². The van der Waals surface area contributed by atoms with Crippen molar-refractivity contribution in [2.24, 2.45) is 0 Å². The fourth-order valence-corrected chi connectivity index (χ4v) is 5.16. The zero-order valence-electron chi connectivity index (χ0n) is 19.6. The lowest BCUT2D eigenvalue weighted by Crippen LogP contribution is -2.31. The Morgan fingerprint density at radius 3 is 2.83 bits per heavy atom. The Kier molecular flexibility index (Phi) is 7.09. The maximum atomic E-state index is 12.9. The minimum Gasteiger partial charge on any atom is -0.376 e. The third kappa shape index (κ3) is 5.08. The normalized spacial score (nSPS) is 15.9. The van der Waals surface area contributed by atoms with E-state index in [9.17, 15) is 9.59 Å². The molecule has 3 aromatic heterocycles. The summed E-state index contributed by atoms with van der Waals surface area (Å²) >= 11 is 1.46. The minimum absolute atomic E-state index is 0.123. The highest BCUT2D eigenvalue weighted by atomic mass is 32.2. The van der Waals surface area contributed by atoms with Crippen LogP contribution >= 0.6 is 11.8 Å². The summed E-state index contributed by atoms with van der Waals surface area (Å²) < 4.78 is 10.9. The molecular formula is C23H28N8O3S. The highest BCUT2D eigenvalue weighted by molar-refractivity contribution is 7.98. The van der Waals surface area contributed by atoms with Crippen LogP contribution in [0.1, 0.15) is 44.0 Å². The Labute approximate surface area is 205 Å². The summed E-state index contributed by atoms with van der Waals surface area (Å²) in [5.41, 5.74) is 0.885. The standard InChI is InChI=1S/C23H28N8O3S/c1-2-3-11-29-18(15-35-23-26-27-28-31(23)14-17-10-7-12-34-17)24-20-19(29)21(32)25-22(33)30(20)13-16-8-5-4-6-9-16/h4-6,8-9,17H,2-3,7,10-15H2,1H3,(H,25,32,33). The van der Waals surface area contributed by atoms with Gasteiger partial charge in [0.25, 0.3) is 5.56 Å². The second-order valence-electron chi connectivity index (χ2n) is 8.60. The van der Waals surface area contributed by atoms with E-state index in [0.717, 1.165) is 37.9 Å². The molecule has 1 unspecified atom stereocenters. The van der Waals surface area contributed by atoms with Gasteiger partial charge in [-0.15, -0.1) is 5.10 Å². The number of aromatic amines is 1. The van der Waals surface area contributed by atoms with Crippen LogP contribution in [0.4, 0.5) is 0 Å². The first-order valence-electron chi connectivity index (χ1n) is 11.9. The van der Waals surface area contributed by atoms with Crippen molar-refractivity contribution in [1.82, 2.24) is 39.3 Å². The lowest BCUT2D eigenvalue weighted by atomic mass is 10.2. The van der Waals surface area contributed by atoms with Gasteiger partial charge in [0.05, 0.1) is 24.9 Å². The summed E-state index contributed by atoms with van der Waals surface area (Å²) in [6.07, 6.45) is 4.02. The number of hydrogen-bond donors (Lipinski definition) is 1. The molecule has 1 N–H and O–H groups in total. The molecule has 0 spiro atoms. The number of hydrogen-bond acceptors (Lipinski definition) is 8. The number of nitrogens with zero attached hydrogens (tertiary/aromatic N) is 7. The number of ether oxygens (including phenoxy) is 1. The third-order valence-corrected chi connectivity index (χ3v) is 7.07. The highest BCUT2D eigenvalue weighted by Gasteiger charge is 2.22. The van der Waals surface area contributed by atoms with Gasteiger partial charge in [-0.05, 0) is 35.3 Å². The number of aromatic nitrogens is 8. The lowest BCUT2D eigenvalue weighted by molar-refractivity contribution is 0.0912. The average molecular weight is 497 g/mol. The van der Waals surface area contributed by atoms with Crippen molar-refractivity contribution in [2.75, 3.05) is 6.61 Å². The number of nitrogens with one attached hydrogen (secondary N) is 1. The van der Waals surface area contributed by atoms with Gasteiger partial charge in [-0.1, -0.05) is 55.4 Å². The molecule has 4 heterocycles. The van der Waals surface area contributed by atoms with Crippen LogP contribution in [0.25, 0.3) is 11.2 Å². The van der Waals surface area contributed by atoms with Gasteiger partial charge in [0, 0.05) is 13.2 Å². The van der Waals surface area contributed by atoms with Crippen molar-refractivity contribution in [1.29, 1.82) is 0 Å². The number of fused-ring (bicyclic) bond motifs is 1. The number of benzene rings is 1. The topological polar surface area (TPSA) is 126 Å². The molecule has 1 fully saturated rings. The van der Waals surface area contributed by atoms with Crippen molar-refractivity contribution >= 4 is 22.9 Å². The predicted molar refractivity (Wildman–Crippen MR) is 131 cm³/mol. The Morgan fingerprint density at radius 1 is 1.20 bits per heavy atom. The zero-order chi connectivity index (χ0) is 24.2. The summed E-state index contributed by atoms with van der Waals surface area (Å²) in [4.78, 5) is 32.9. The molecule has 0 radical (unpaired) electrons. The smallest absolute Gasteiger partial charge is 0.330 e. The van der Waals surface area contributed by atoms with Crippen molar-refractivity contribution in [2.45, 2.75) is 69.3 Å². The summed E-state index contributed by atoms with van der Waals surface area (Å²) in [6.45, 7) is 4.44. The molecule has 35 heavy (non-hydrogen) atoms. The fraction of sp³-hybridized carbons (Fsp3) is 0.478. The van der Waals surface area contributed by atoms with Crippen LogP contribution in [0.2, 0.25) is 0 Å². The van der Waals surface area contributed by atoms with E-state index in [2.05, 4.69) is 27.4 Å². The predicted octanol–water partition coefficient (Wildman–Crippen LogP) is 2.19. The van der Waals surface area contributed by atoms with Gasteiger partial charge < -0.3 is 9.30 Å². The summed E-state index contributed by atoms with van der Waals surface area (Å²) in [5, 5.41) is 12.8. The van der Waals surface area contributed by atoms with E-state index in [1.807, 2.05) is 34.9 Å². The molecule has 4 aromatic rings. The summed E-state index contributed by atoms with van der Waals surface area (Å²) in [7, 11) is 0.